The zero-order chi connectivity index (χ0) is 27.4. The molecule has 6 nitrogen and oxygen atoms in total. The second kappa shape index (κ2) is 27.4. The topological polar surface area (TPSA) is 78.9 Å². The Hall–Kier alpha value is -1.59. The van der Waals surface area contributed by atoms with Gasteiger partial charge in [0.25, 0.3) is 0 Å². The molecule has 6 heteroatoms. The molecular formula is C31H58O6. The molecule has 0 aliphatic carbocycles. The molecule has 0 amide bonds. The minimum atomic E-state index is -0.337. The summed E-state index contributed by atoms with van der Waals surface area (Å²) in [6.07, 6.45) is 21.2. The minimum absolute atomic E-state index is 0.100. The molecule has 0 aliphatic rings. The maximum Gasteiger partial charge on any atom is 0.305 e. The van der Waals surface area contributed by atoms with Crippen LogP contribution >= 0.6 is 0 Å². The van der Waals surface area contributed by atoms with Crippen molar-refractivity contribution in [1.82, 2.24) is 0 Å². The minimum Gasteiger partial charge on any atom is -0.465 e. The van der Waals surface area contributed by atoms with Crippen LogP contribution in [0, 0.1) is 5.92 Å². The number of carbonyl (C=O) groups excluding carboxylic acids is 3. The van der Waals surface area contributed by atoms with E-state index < -0.39 is 0 Å². The second-order valence-electron chi connectivity index (χ2n) is 10.5. The molecule has 0 unspecified atom stereocenters. The van der Waals surface area contributed by atoms with Gasteiger partial charge in [-0.05, 0) is 19.3 Å². The van der Waals surface area contributed by atoms with E-state index in [1.165, 1.54) is 57.8 Å². The third-order valence-electron chi connectivity index (χ3n) is 6.64. The summed E-state index contributed by atoms with van der Waals surface area (Å²) in [5, 5.41) is 0. The van der Waals surface area contributed by atoms with E-state index in [0.717, 1.165) is 57.8 Å². The second-order valence-corrected chi connectivity index (χ2v) is 10.5. The van der Waals surface area contributed by atoms with Crippen molar-refractivity contribution in [3.05, 3.63) is 0 Å². The molecule has 0 aliphatic heterocycles. The van der Waals surface area contributed by atoms with Crippen molar-refractivity contribution in [2.45, 2.75) is 156 Å². The summed E-state index contributed by atoms with van der Waals surface area (Å²) in [6, 6.07) is 0. The Balaban J connectivity index is 4.35. The monoisotopic (exact) mass is 526 g/mol. The largest absolute Gasteiger partial charge is 0.465 e. The van der Waals surface area contributed by atoms with E-state index >= 15 is 0 Å². The highest BCUT2D eigenvalue weighted by molar-refractivity contribution is 5.70. The van der Waals surface area contributed by atoms with E-state index in [-0.39, 0.29) is 43.6 Å². The molecular weight excluding hydrogens is 468 g/mol. The van der Waals surface area contributed by atoms with E-state index in [4.69, 9.17) is 14.2 Å². The van der Waals surface area contributed by atoms with Gasteiger partial charge in [0, 0.05) is 19.3 Å². The van der Waals surface area contributed by atoms with Crippen LogP contribution < -0.4 is 0 Å². The molecule has 0 rings (SSSR count). The van der Waals surface area contributed by atoms with Gasteiger partial charge < -0.3 is 14.2 Å². The summed E-state index contributed by atoms with van der Waals surface area (Å²) in [5.41, 5.74) is 0. The van der Waals surface area contributed by atoms with Crippen molar-refractivity contribution in [3.8, 4) is 0 Å². The van der Waals surface area contributed by atoms with E-state index in [1.807, 2.05) is 0 Å². The van der Waals surface area contributed by atoms with Crippen molar-refractivity contribution >= 4 is 17.9 Å². The number of unbranched alkanes of at least 4 members (excludes halogenated alkanes) is 15. The van der Waals surface area contributed by atoms with E-state index in [0.29, 0.717) is 19.3 Å². The molecule has 0 atom stereocenters. The summed E-state index contributed by atoms with van der Waals surface area (Å²) >= 11 is 0. The van der Waals surface area contributed by atoms with Gasteiger partial charge in [-0.2, -0.15) is 0 Å². The molecule has 0 aromatic heterocycles. The average molecular weight is 527 g/mol. The highest BCUT2D eigenvalue weighted by Crippen LogP contribution is 2.12. The Morgan fingerprint density at radius 3 is 0.919 bits per heavy atom. The number of rotatable bonds is 27. The Labute approximate surface area is 228 Å². The van der Waals surface area contributed by atoms with Gasteiger partial charge >= 0.3 is 17.9 Å². The summed E-state index contributed by atoms with van der Waals surface area (Å²) in [5.74, 6) is -1.05. The standard InChI is InChI=1S/C31H58O6/c1-4-7-10-13-16-19-22-29(32)35-25-28(26-36-30(33)23-20-17-14-11-8-5-2)27-37-31(34)24-21-18-15-12-9-6-3/h28H,4-27H2,1-3H3. The highest BCUT2D eigenvalue weighted by Gasteiger charge is 2.17. The van der Waals surface area contributed by atoms with Crippen molar-refractivity contribution in [2.24, 2.45) is 5.92 Å². The van der Waals surface area contributed by atoms with E-state index in [9.17, 15) is 14.4 Å². The van der Waals surface area contributed by atoms with Crippen molar-refractivity contribution in [2.75, 3.05) is 19.8 Å². The van der Waals surface area contributed by atoms with Crippen LogP contribution in [0.5, 0.6) is 0 Å². The van der Waals surface area contributed by atoms with Crippen molar-refractivity contribution in [3.63, 3.8) is 0 Å². The summed E-state index contributed by atoms with van der Waals surface area (Å²) < 4.78 is 16.3. The molecule has 0 bridgehead atoms. The number of hydrogen-bond acceptors (Lipinski definition) is 6. The van der Waals surface area contributed by atoms with Gasteiger partial charge in [-0.15, -0.1) is 0 Å². The summed E-state index contributed by atoms with van der Waals surface area (Å²) in [6.45, 7) is 6.86. The molecule has 218 valence electrons. The maximum atomic E-state index is 12.2. The fraction of sp³-hybridized carbons (Fsp3) is 0.903. The van der Waals surface area contributed by atoms with Crippen LogP contribution in [0.2, 0.25) is 0 Å². The molecule has 37 heavy (non-hydrogen) atoms. The molecule has 0 spiro atoms. The Bertz CT molecular complexity index is 472. The van der Waals surface area contributed by atoms with Crippen LogP contribution in [0.15, 0.2) is 0 Å². The van der Waals surface area contributed by atoms with E-state index in [1.54, 1.807) is 0 Å². The van der Waals surface area contributed by atoms with Gasteiger partial charge in [0.05, 0.1) is 5.92 Å². The predicted octanol–water partition coefficient (Wildman–Crippen LogP) is 8.48. The maximum absolute atomic E-state index is 12.2. The Morgan fingerprint density at radius 2 is 0.649 bits per heavy atom. The number of hydrogen-bond donors (Lipinski definition) is 0. The average Bonchev–Trinajstić information content (AvgIpc) is 2.89. The lowest BCUT2D eigenvalue weighted by atomic mass is 10.1. The van der Waals surface area contributed by atoms with Crippen molar-refractivity contribution < 1.29 is 28.6 Å². The van der Waals surface area contributed by atoms with Gasteiger partial charge in [0.15, 0.2) is 0 Å². The van der Waals surface area contributed by atoms with Crippen LogP contribution in [0.3, 0.4) is 0 Å². The lowest BCUT2D eigenvalue weighted by molar-refractivity contribution is -0.153. The zero-order valence-electron chi connectivity index (χ0n) is 24.5. The first-order valence-electron chi connectivity index (χ1n) is 15.5. The van der Waals surface area contributed by atoms with Crippen LogP contribution in [-0.4, -0.2) is 37.7 Å². The number of carbonyl (C=O) groups is 3. The highest BCUT2D eigenvalue weighted by atomic mass is 16.6. The normalized spacial score (nSPS) is 11.0. The fourth-order valence-electron chi connectivity index (χ4n) is 4.14. The van der Waals surface area contributed by atoms with Gasteiger partial charge in [0.1, 0.15) is 19.8 Å². The summed E-state index contributed by atoms with van der Waals surface area (Å²) in [7, 11) is 0. The van der Waals surface area contributed by atoms with Crippen LogP contribution in [0.25, 0.3) is 0 Å². The lowest BCUT2D eigenvalue weighted by Gasteiger charge is -2.17. The van der Waals surface area contributed by atoms with Gasteiger partial charge in [-0.1, -0.05) is 117 Å². The zero-order valence-corrected chi connectivity index (χ0v) is 24.5. The molecule has 0 aromatic carbocycles. The first-order valence-corrected chi connectivity index (χ1v) is 15.5. The van der Waals surface area contributed by atoms with Crippen LogP contribution in [0.1, 0.15) is 156 Å². The molecule has 0 fully saturated rings. The van der Waals surface area contributed by atoms with E-state index in [2.05, 4.69) is 20.8 Å². The molecule has 0 radical (unpaired) electrons. The smallest absolute Gasteiger partial charge is 0.305 e. The van der Waals surface area contributed by atoms with Gasteiger partial charge in [0.2, 0.25) is 0 Å². The molecule has 0 N–H and O–H groups in total. The Kier molecular flexibility index (Phi) is 26.3. The molecule has 0 saturated heterocycles. The van der Waals surface area contributed by atoms with Crippen LogP contribution in [0.4, 0.5) is 0 Å². The van der Waals surface area contributed by atoms with Gasteiger partial charge in [-0.25, -0.2) is 0 Å². The SMILES string of the molecule is CCCCCCCCC(=O)OCC(COC(=O)CCCCCCCC)COC(=O)CCCCCCCC. The first kappa shape index (κ1) is 35.4. The Morgan fingerprint density at radius 1 is 0.405 bits per heavy atom. The molecule has 0 aromatic rings. The summed E-state index contributed by atoms with van der Waals surface area (Å²) in [4.78, 5) is 36.5. The molecule has 0 saturated carbocycles. The predicted molar refractivity (Wildman–Crippen MR) is 150 cm³/mol. The first-order chi connectivity index (χ1) is 18.0. The number of ether oxygens (including phenoxy) is 3. The number of esters is 3. The quantitative estimate of drug-likeness (QED) is 0.0606. The van der Waals surface area contributed by atoms with Gasteiger partial charge in [-0.3, -0.25) is 14.4 Å². The molecule has 0 heterocycles. The third-order valence-corrected chi connectivity index (χ3v) is 6.64. The van der Waals surface area contributed by atoms with Crippen LogP contribution in [-0.2, 0) is 28.6 Å². The van der Waals surface area contributed by atoms with Crippen molar-refractivity contribution in [1.29, 1.82) is 0 Å². The lowest BCUT2D eigenvalue weighted by Crippen LogP contribution is -2.26. The third kappa shape index (κ3) is 25.8. The fourth-order valence-corrected chi connectivity index (χ4v) is 4.14.